The Morgan fingerprint density at radius 3 is 2.70 bits per heavy atom. The fraction of sp³-hybridized carbons (Fsp3) is 0.120. The molecule has 0 atom stereocenters. The predicted molar refractivity (Wildman–Crippen MR) is 134 cm³/mol. The summed E-state index contributed by atoms with van der Waals surface area (Å²) in [5.74, 6) is -0.330. The van der Waals surface area contributed by atoms with Crippen LogP contribution in [-0.4, -0.2) is 20.4 Å². The first-order valence-electron chi connectivity index (χ1n) is 10.3. The van der Waals surface area contributed by atoms with Crippen LogP contribution >= 0.6 is 22.9 Å². The van der Waals surface area contributed by atoms with Crippen molar-refractivity contribution in [1.82, 2.24) is 14.5 Å². The number of hydrogen-bond donors (Lipinski definition) is 1. The topological polar surface area (TPSA) is 76.9 Å². The maximum absolute atomic E-state index is 13.2. The van der Waals surface area contributed by atoms with Crippen molar-refractivity contribution in [3.05, 3.63) is 87.6 Å². The van der Waals surface area contributed by atoms with Gasteiger partial charge in [0.2, 0.25) is 5.91 Å². The van der Waals surface area contributed by atoms with Gasteiger partial charge in [0.15, 0.2) is 0 Å². The van der Waals surface area contributed by atoms with Crippen molar-refractivity contribution in [2.24, 2.45) is 0 Å². The molecule has 0 aliphatic carbocycles. The molecule has 5 aromatic rings. The molecule has 1 amide bonds. The number of benzene rings is 2. The minimum atomic E-state index is -0.330. The van der Waals surface area contributed by atoms with E-state index in [2.05, 4.69) is 15.3 Å². The van der Waals surface area contributed by atoms with Gasteiger partial charge in [0, 0.05) is 21.8 Å². The number of thiophene rings is 1. The Morgan fingerprint density at radius 1 is 1.12 bits per heavy atom. The molecule has 0 bridgehead atoms. The summed E-state index contributed by atoms with van der Waals surface area (Å²) in [6, 6.07) is 17.3. The largest absolute Gasteiger partial charge is 0.324 e. The van der Waals surface area contributed by atoms with Crippen LogP contribution in [0.15, 0.2) is 65.7 Å². The highest BCUT2D eigenvalue weighted by Crippen LogP contribution is 2.37. The summed E-state index contributed by atoms with van der Waals surface area (Å²) < 4.78 is 1.80. The van der Waals surface area contributed by atoms with Gasteiger partial charge in [0.05, 0.1) is 11.8 Å². The number of aromatic nitrogens is 3. The lowest BCUT2D eigenvalue weighted by Gasteiger charge is -2.10. The van der Waals surface area contributed by atoms with Crippen LogP contribution in [0.5, 0.6) is 0 Å². The molecule has 8 heteroatoms. The minimum Gasteiger partial charge on any atom is -0.324 e. The van der Waals surface area contributed by atoms with Crippen molar-refractivity contribution >= 4 is 55.0 Å². The summed E-state index contributed by atoms with van der Waals surface area (Å²) in [7, 11) is 0. The molecular weight excluding hydrogens is 456 g/mol. The summed E-state index contributed by atoms with van der Waals surface area (Å²) in [5, 5.41) is 4.20. The number of halogens is 1. The molecule has 2 aromatic carbocycles. The molecule has 3 aromatic heterocycles. The van der Waals surface area contributed by atoms with Gasteiger partial charge in [-0.15, -0.1) is 11.3 Å². The summed E-state index contributed by atoms with van der Waals surface area (Å²) in [6.07, 6.45) is 1.43. The maximum Gasteiger partial charge on any atom is 0.271 e. The number of fused-ring (bicyclic) bond motifs is 3. The summed E-state index contributed by atoms with van der Waals surface area (Å²) in [4.78, 5) is 35.9. The van der Waals surface area contributed by atoms with Gasteiger partial charge in [-0.3, -0.25) is 14.2 Å². The van der Waals surface area contributed by atoms with Crippen LogP contribution in [0.25, 0.3) is 31.6 Å². The van der Waals surface area contributed by atoms with Gasteiger partial charge in [-0.05, 0) is 48.7 Å². The zero-order valence-corrected chi connectivity index (χ0v) is 19.5. The Hall–Kier alpha value is -3.55. The molecule has 0 radical (unpaired) electrons. The van der Waals surface area contributed by atoms with E-state index in [1.54, 1.807) is 12.1 Å². The van der Waals surface area contributed by atoms with Crippen LogP contribution < -0.4 is 10.9 Å². The lowest BCUT2D eigenvalue weighted by atomic mass is 10.0. The molecular formula is C25H19ClN4O2S. The molecule has 3 heterocycles. The van der Waals surface area contributed by atoms with Crippen molar-refractivity contribution in [2.75, 3.05) is 5.32 Å². The lowest BCUT2D eigenvalue weighted by molar-refractivity contribution is -0.116. The molecule has 0 unspecified atom stereocenters. The molecule has 0 aliphatic heterocycles. The zero-order chi connectivity index (χ0) is 23.1. The van der Waals surface area contributed by atoms with Crippen LogP contribution in [0, 0.1) is 13.8 Å². The van der Waals surface area contributed by atoms with E-state index in [1.807, 2.05) is 56.3 Å². The molecule has 0 fully saturated rings. The van der Waals surface area contributed by atoms with E-state index in [1.165, 1.54) is 22.2 Å². The van der Waals surface area contributed by atoms with Gasteiger partial charge in [-0.2, -0.15) is 0 Å². The first-order chi connectivity index (χ1) is 15.9. The first-order valence-corrected chi connectivity index (χ1v) is 11.5. The van der Waals surface area contributed by atoms with E-state index in [-0.39, 0.29) is 18.0 Å². The molecule has 0 spiro atoms. The van der Waals surface area contributed by atoms with E-state index in [0.717, 1.165) is 32.6 Å². The fourth-order valence-corrected chi connectivity index (χ4v) is 5.14. The van der Waals surface area contributed by atoms with Crippen LogP contribution in [0.2, 0.25) is 5.02 Å². The second kappa shape index (κ2) is 8.42. The normalized spacial score (nSPS) is 11.2. The highest BCUT2D eigenvalue weighted by molar-refractivity contribution is 7.25. The number of carbonyl (C=O) groups excluding carboxylic acids is 1. The number of nitrogens with zero attached hydrogens (tertiary/aromatic N) is 3. The Labute approximate surface area is 198 Å². The highest BCUT2D eigenvalue weighted by atomic mass is 35.5. The number of anilines is 1. The standard InChI is InChI=1S/C25H19ClN4O2S/c1-14-8-9-17(26)11-19(14)29-20(31)12-30-13-27-22-21-18(16-6-4-3-5-7-16)10-15(2)28-24(21)33-23(22)25(30)32/h3-11,13H,12H2,1-2H3,(H,29,31). The summed E-state index contributed by atoms with van der Waals surface area (Å²) in [5.41, 5.74) is 4.73. The molecule has 33 heavy (non-hydrogen) atoms. The molecule has 0 aliphatic rings. The number of aryl methyl sites for hydroxylation is 2. The third-order valence-corrected chi connectivity index (χ3v) is 6.71. The van der Waals surface area contributed by atoms with Crippen LogP contribution in [0.4, 0.5) is 5.69 Å². The fourth-order valence-electron chi connectivity index (χ4n) is 3.82. The van der Waals surface area contributed by atoms with Gasteiger partial charge < -0.3 is 5.32 Å². The number of rotatable bonds is 4. The Morgan fingerprint density at radius 2 is 1.91 bits per heavy atom. The van der Waals surface area contributed by atoms with Crippen molar-refractivity contribution in [3.8, 4) is 11.1 Å². The lowest BCUT2D eigenvalue weighted by Crippen LogP contribution is -2.27. The van der Waals surface area contributed by atoms with Crippen molar-refractivity contribution < 1.29 is 4.79 Å². The molecule has 164 valence electrons. The smallest absolute Gasteiger partial charge is 0.271 e. The number of amides is 1. The maximum atomic E-state index is 13.2. The monoisotopic (exact) mass is 474 g/mol. The van der Waals surface area contributed by atoms with Crippen LogP contribution in [-0.2, 0) is 11.3 Å². The third kappa shape index (κ3) is 4.01. The van der Waals surface area contributed by atoms with Gasteiger partial charge >= 0.3 is 0 Å². The Balaban J connectivity index is 1.56. The second-order valence-corrected chi connectivity index (χ2v) is 9.26. The predicted octanol–water partition coefficient (Wildman–Crippen LogP) is 5.58. The van der Waals surface area contributed by atoms with Crippen LogP contribution in [0.1, 0.15) is 11.3 Å². The van der Waals surface area contributed by atoms with Crippen molar-refractivity contribution in [2.45, 2.75) is 20.4 Å². The number of pyridine rings is 1. The van der Waals surface area contributed by atoms with Gasteiger partial charge in [-0.25, -0.2) is 9.97 Å². The van der Waals surface area contributed by atoms with Crippen molar-refractivity contribution in [3.63, 3.8) is 0 Å². The summed E-state index contributed by atoms with van der Waals surface area (Å²) >= 11 is 7.34. The molecule has 6 nitrogen and oxygen atoms in total. The van der Waals surface area contributed by atoms with E-state index in [4.69, 9.17) is 11.6 Å². The average Bonchev–Trinajstić information content (AvgIpc) is 3.17. The number of carbonyl (C=O) groups is 1. The molecule has 1 N–H and O–H groups in total. The van der Waals surface area contributed by atoms with E-state index in [9.17, 15) is 9.59 Å². The average molecular weight is 475 g/mol. The van der Waals surface area contributed by atoms with Gasteiger partial charge in [-0.1, -0.05) is 48.0 Å². The van der Waals surface area contributed by atoms with Crippen LogP contribution in [0.3, 0.4) is 0 Å². The quantitative estimate of drug-likeness (QED) is 0.368. The number of hydrogen-bond acceptors (Lipinski definition) is 5. The van der Waals surface area contributed by atoms with E-state index < -0.39 is 0 Å². The van der Waals surface area contributed by atoms with Gasteiger partial charge in [0.25, 0.3) is 5.56 Å². The third-order valence-electron chi connectivity index (χ3n) is 5.42. The summed E-state index contributed by atoms with van der Waals surface area (Å²) in [6.45, 7) is 3.66. The highest BCUT2D eigenvalue weighted by Gasteiger charge is 2.18. The molecule has 0 saturated carbocycles. The SMILES string of the molecule is Cc1cc(-c2ccccc2)c2c(n1)sc1c(=O)n(CC(=O)Nc3cc(Cl)ccc3C)cnc12. The minimum absolute atomic E-state index is 0.153. The first kappa shape index (κ1) is 21.3. The van der Waals surface area contributed by atoms with Gasteiger partial charge in [0.1, 0.15) is 16.1 Å². The molecule has 5 rings (SSSR count). The zero-order valence-electron chi connectivity index (χ0n) is 17.9. The van der Waals surface area contributed by atoms with E-state index in [0.29, 0.717) is 20.9 Å². The van der Waals surface area contributed by atoms with Crippen molar-refractivity contribution in [1.29, 1.82) is 0 Å². The Bertz CT molecular complexity index is 1590. The second-order valence-electron chi connectivity index (χ2n) is 7.82. The van der Waals surface area contributed by atoms with E-state index >= 15 is 0 Å². The Kier molecular flexibility index (Phi) is 5.44. The molecule has 0 saturated heterocycles. The number of nitrogens with one attached hydrogen (secondary N) is 1.